The topological polar surface area (TPSA) is 38.5 Å². The summed E-state index contributed by atoms with van der Waals surface area (Å²) in [6.07, 6.45) is 0. The van der Waals surface area contributed by atoms with Crippen LogP contribution in [0.4, 0.5) is 0 Å². The molecular weight excluding hydrogens is 188 g/mol. The smallest absolute Gasteiger partial charge is 0.0589 e. The fourth-order valence-corrected chi connectivity index (χ4v) is 1.49. The molecule has 0 aliphatic heterocycles. The quantitative estimate of drug-likeness (QED) is 0.764. The lowest BCUT2D eigenvalue weighted by atomic mass is 10.1. The molecule has 0 amide bonds. The van der Waals surface area contributed by atoms with E-state index in [1.54, 1.807) is 7.11 Å². The van der Waals surface area contributed by atoms with Crippen LogP contribution in [-0.2, 0) is 17.8 Å². The van der Waals surface area contributed by atoms with E-state index in [-0.39, 0.29) is 0 Å². The lowest BCUT2D eigenvalue weighted by Crippen LogP contribution is -2.22. The van der Waals surface area contributed by atoms with Gasteiger partial charge in [-0.1, -0.05) is 24.3 Å². The first-order chi connectivity index (χ1) is 7.26. The van der Waals surface area contributed by atoms with Gasteiger partial charge in [0.15, 0.2) is 0 Å². The molecule has 1 rings (SSSR count). The molecule has 1 aromatic rings. The summed E-state index contributed by atoms with van der Waals surface area (Å²) in [4.78, 5) is 2.24. The average molecular weight is 208 g/mol. The van der Waals surface area contributed by atoms with Gasteiger partial charge in [-0.2, -0.15) is 0 Å². The summed E-state index contributed by atoms with van der Waals surface area (Å²) in [7, 11) is 3.82. The Morgan fingerprint density at radius 3 is 2.73 bits per heavy atom. The van der Waals surface area contributed by atoms with E-state index >= 15 is 0 Å². The summed E-state index contributed by atoms with van der Waals surface area (Å²) in [5, 5.41) is 0. The van der Waals surface area contributed by atoms with Crippen molar-refractivity contribution in [1.82, 2.24) is 4.90 Å². The highest BCUT2D eigenvalue weighted by Gasteiger charge is 2.00. The Hall–Kier alpha value is -0.900. The van der Waals surface area contributed by atoms with E-state index in [1.807, 2.05) is 0 Å². The Bertz CT molecular complexity index is 289. The number of methoxy groups -OCH3 is 1. The third-order valence-electron chi connectivity index (χ3n) is 2.36. The standard InChI is InChI=1S/C12H20N2O/c1-14(6-7-15-2)10-12-5-3-4-11(8-12)9-13/h3-5,8H,6-7,9-10,13H2,1-2H3. The van der Waals surface area contributed by atoms with Crippen LogP contribution in [0, 0.1) is 0 Å². The van der Waals surface area contributed by atoms with Gasteiger partial charge in [-0.05, 0) is 18.2 Å². The monoisotopic (exact) mass is 208 g/mol. The number of benzene rings is 1. The number of likely N-dealkylation sites (N-methyl/N-ethyl adjacent to an activating group) is 1. The number of nitrogens with zero attached hydrogens (tertiary/aromatic N) is 1. The summed E-state index contributed by atoms with van der Waals surface area (Å²) >= 11 is 0. The molecule has 2 N–H and O–H groups in total. The third-order valence-corrected chi connectivity index (χ3v) is 2.36. The molecule has 15 heavy (non-hydrogen) atoms. The molecule has 0 aliphatic rings. The zero-order valence-electron chi connectivity index (χ0n) is 9.57. The average Bonchev–Trinajstić information content (AvgIpc) is 2.26. The van der Waals surface area contributed by atoms with Crippen molar-refractivity contribution < 1.29 is 4.74 Å². The Labute approximate surface area is 91.8 Å². The van der Waals surface area contributed by atoms with Crippen LogP contribution in [0.15, 0.2) is 24.3 Å². The molecule has 0 saturated heterocycles. The summed E-state index contributed by atoms with van der Waals surface area (Å²) in [5.74, 6) is 0. The van der Waals surface area contributed by atoms with Gasteiger partial charge in [0, 0.05) is 26.7 Å². The number of hydrogen-bond donors (Lipinski definition) is 1. The van der Waals surface area contributed by atoms with Crippen LogP contribution in [0.1, 0.15) is 11.1 Å². The molecule has 0 heterocycles. The van der Waals surface area contributed by atoms with Crippen LogP contribution < -0.4 is 5.73 Å². The van der Waals surface area contributed by atoms with Gasteiger partial charge in [0.25, 0.3) is 0 Å². The summed E-state index contributed by atoms with van der Waals surface area (Å²) in [6, 6.07) is 8.39. The van der Waals surface area contributed by atoms with E-state index in [1.165, 1.54) is 11.1 Å². The first-order valence-corrected chi connectivity index (χ1v) is 5.21. The summed E-state index contributed by atoms with van der Waals surface area (Å²) in [5.41, 5.74) is 8.09. The molecule has 0 atom stereocenters. The maximum absolute atomic E-state index is 5.60. The first kappa shape index (κ1) is 12.2. The van der Waals surface area contributed by atoms with Crippen molar-refractivity contribution in [3.8, 4) is 0 Å². The van der Waals surface area contributed by atoms with E-state index < -0.39 is 0 Å². The van der Waals surface area contributed by atoms with Crippen molar-refractivity contribution in [3.63, 3.8) is 0 Å². The van der Waals surface area contributed by atoms with Gasteiger partial charge in [-0.25, -0.2) is 0 Å². The molecule has 3 heteroatoms. The van der Waals surface area contributed by atoms with E-state index in [4.69, 9.17) is 10.5 Å². The van der Waals surface area contributed by atoms with Crippen molar-refractivity contribution in [1.29, 1.82) is 0 Å². The predicted octanol–water partition coefficient (Wildman–Crippen LogP) is 1.22. The molecule has 0 radical (unpaired) electrons. The largest absolute Gasteiger partial charge is 0.383 e. The van der Waals surface area contributed by atoms with Gasteiger partial charge >= 0.3 is 0 Å². The van der Waals surface area contributed by atoms with Crippen LogP contribution in [0.3, 0.4) is 0 Å². The number of hydrogen-bond acceptors (Lipinski definition) is 3. The zero-order valence-corrected chi connectivity index (χ0v) is 9.57. The highest BCUT2D eigenvalue weighted by Crippen LogP contribution is 2.06. The molecule has 3 nitrogen and oxygen atoms in total. The molecule has 0 spiro atoms. The van der Waals surface area contributed by atoms with Gasteiger partial charge in [0.2, 0.25) is 0 Å². The van der Waals surface area contributed by atoms with E-state index in [0.717, 1.165) is 19.7 Å². The van der Waals surface area contributed by atoms with Gasteiger partial charge in [-0.3, -0.25) is 4.90 Å². The van der Waals surface area contributed by atoms with Crippen LogP contribution >= 0.6 is 0 Å². The molecule has 84 valence electrons. The number of ether oxygens (including phenoxy) is 1. The third kappa shape index (κ3) is 4.42. The molecule has 1 aromatic carbocycles. The maximum Gasteiger partial charge on any atom is 0.0589 e. The molecule has 0 aromatic heterocycles. The Kier molecular flexibility index (Phi) is 5.32. The summed E-state index contributed by atoms with van der Waals surface area (Å²) < 4.78 is 5.03. The van der Waals surface area contributed by atoms with Crippen molar-refractivity contribution >= 4 is 0 Å². The lowest BCUT2D eigenvalue weighted by Gasteiger charge is -2.16. The minimum absolute atomic E-state index is 0.607. The van der Waals surface area contributed by atoms with Crippen LogP contribution in [-0.4, -0.2) is 32.2 Å². The minimum Gasteiger partial charge on any atom is -0.383 e. The summed E-state index contributed by atoms with van der Waals surface area (Å²) in [6.45, 7) is 3.27. The normalized spacial score (nSPS) is 10.9. The van der Waals surface area contributed by atoms with Gasteiger partial charge in [-0.15, -0.1) is 0 Å². The fraction of sp³-hybridized carbons (Fsp3) is 0.500. The maximum atomic E-state index is 5.60. The first-order valence-electron chi connectivity index (χ1n) is 5.21. The second kappa shape index (κ2) is 6.56. The van der Waals surface area contributed by atoms with E-state index in [2.05, 4.69) is 36.2 Å². The Morgan fingerprint density at radius 2 is 2.07 bits per heavy atom. The van der Waals surface area contributed by atoms with E-state index in [0.29, 0.717) is 6.54 Å². The van der Waals surface area contributed by atoms with Crippen molar-refractivity contribution in [2.75, 3.05) is 27.3 Å². The molecule has 0 unspecified atom stereocenters. The van der Waals surface area contributed by atoms with Crippen LogP contribution in [0.25, 0.3) is 0 Å². The SMILES string of the molecule is COCCN(C)Cc1cccc(CN)c1. The van der Waals surface area contributed by atoms with Gasteiger partial charge < -0.3 is 10.5 Å². The Morgan fingerprint density at radius 1 is 1.33 bits per heavy atom. The van der Waals surface area contributed by atoms with Crippen LogP contribution in [0.5, 0.6) is 0 Å². The second-order valence-electron chi connectivity index (χ2n) is 3.75. The second-order valence-corrected chi connectivity index (χ2v) is 3.75. The number of rotatable bonds is 6. The lowest BCUT2D eigenvalue weighted by molar-refractivity contribution is 0.158. The molecule has 0 fully saturated rings. The fourth-order valence-electron chi connectivity index (χ4n) is 1.49. The minimum atomic E-state index is 0.607. The van der Waals surface area contributed by atoms with Gasteiger partial charge in [0.05, 0.1) is 6.61 Å². The Balaban J connectivity index is 2.48. The molecular formula is C12H20N2O. The highest BCUT2D eigenvalue weighted by molar-refractivity contribution is 5.23. The van der Waals surface area contributed by atoms with Crippen molar-refractivity contribution in [2.45, 2.75) is 13.1 Å². The number of nitrogens with two attached hydrogens (primary N) is 1. The molecule has 0 aliphatic carbocycles. The highest BCUT2D eigenvalue weighted by atomic mass is 16.5. The van der Waals surface area contributed by atoms with E-state index in [9.17, 15) is 0 Å². The van der Waals surface area contributed by atoms with Crippen LogP contribution in [0.2, 0.25) is 0 Å². The molecule has 0 saturated carbocycles. The van der Waals surface area contributed by atoms with Crippen molar-refractivity contribution in [2.24, 2.45) is 5.73 Å². The predicted molar refractivity (Wildman–Crippen MR) is 62.5 cm³/mol. The van der Waals surface area contributed by atoms with Crippen molar-refractivity contribution in [3.05, 3.63) is 35.4 Å². The molecule has 0 bridgehead atoms. The van der Waals surface area contributed by atoms with Gasteiger partial charge in [0.1, 0.15) is 0 Å². The zero-order chi connectivity index (χ0) is 11.1.